The maximum Gasteiger partial charge on any atom is 0.144 e. The van der Waals surface area contributed by atoms with Crippen LogP contribution in [-0.4, -0.2) is 12.0 Å². The van der Waals surface area contributed by atoms with Gasteiger partial charge in [-0.15, -0.1) is 11.3 Å². The van der Waals surface area contributed by atoms with Gasteiger partial charge in [-0.05, 0) is 24.3 Å². The molecule has 0 atom stereocenters. The lowest BCUT2D eigenvalue weighted by Crippen LogP contribution is -2.09. The summed E-state index contributed by atoms with van der Waals surface area (Å²) in [4.78, 5) is 6.75. The molecule has 0 aliphatic heterocycles. The normalized spacial score (nSPS) is 10.5. The van der Waals surface area contributed by atoms with Crippen LogP contribution in [0.2, 0.25) is 5.02 Å². The molecule has 0 saturated carbocycles. The van der Waals surface area contributed by atoms with Crippen LogP contribution in [0.3, 0.4) is 0 Å². The zero-order chi connectivity index (χ0) is 13.9. The molecule has 4 heteroatoms. The number of thiazole rings is 1. The molecule has 3 aromatic rings. The monoisotopic (exact) mass is 300 g/mol. The fraction of sp³-hybridized carbons (Fsp3) is 0.0625. The molecule has 0 spiro atoms. The predicted octanol–water partition coefficient (Wildman–Crippen LogP) is 5.23. The Labute approximate surface area is 127 Å². The van der Waals surface area contributed by atoms with Crippen molar-refractivity contribution in [2.75, 3.05) is 11.9 Å². The third-order valence-electron chi connectivity index (χ3n) is 3.07. The molecule has 0 unspecified atom stereocenters. The zero-order valence-corrected chi connectivity index (χ0v) is 12.5. The van der Waals surface area contributed by atoms with E-state index in [1.165, 1.54) is 0 Å². The smallest absolute Gasteiger partial charge is 0.144 e. The quantitative estimate of drug-likeness (QED) is 0.658. The molecule has 20 heavy (non-hydrogen) atoms. The van der Waals surface area contributed by atoms with Crippen LogP contribution < -0.4 is 4.90 Å². The van der Waals surface area contributed by atoms with Crippen molar-refractivity contribution < 1.29 is 0 Å². The van der Waals surface area contributed by atoms with Gasteiger partial charge in [0.25, 0.3) is 0 Å². The molecule has 1 aromatic heterocycles. The summed E-state index contributed by atoms with van der Waals surface area (Å²) in [7, 11) is 2.01. The lowest BCUT2D eigenvalue weighted by atomic mass is 10.2. The number of aromatic nitrogens is 1. The number of nitrogens with zero attached hydrogens (tertiary/aromatic N) is 2. The van der Waals surface area contributed by atoms with E-state index < -0.39 is 0 Å². The van der Waals surface area contributed by atoms with Crippen molar-refractivity contribution in [2.24, 2.45) is 0 Å². The third kappa shape index (κ3) is 2.69. The summed E-state index contributed by atoms with van der Waals surface area (Å²) in [5, 5.41) is 3.84. The number of anilines is 2. The molecular weight excluding hydrogens is 288 g/mol. The maximum atomic E-state index is 5.91. The summed E-state index contributed by atoms with van der Waals surface area (Å²) < 4.78 is 0. The number of hydrogen-bond acceptors (Lipinski definition) is 3. The Bertz CT molecular complexity index is 692. The molecule has 0 bridgehead atoms. The van der Waals surface area contributed by atoms with Crippen LogP contribution >= 0.6 is 22.9 Å². The number of hydrogen-bond donors (Lipinski definition) is 0. The lowest BCUT2D eigenvalue weighted by Gasteiger charge is -2.16. The van der Waals surface area contributed by atoms with Gasteiger partial charge in [0.2, 0.25) is 0 Å². The van der Waals surface area contributed by atoms with E-state index >= 15 is 0 Å². The minimum Gasteiger partial charge on any atom is -0.329 e. The van der Waals surface area contributed by atoms with Gasteiger partial charge in [0, 0.05) is 28.7 Å². The Hall–Kier alpha value is -1.84. The molecule has 100 valence electrons. The van der Waals surface area contributed by atoms with Gasteiger partial charge in [-0.25, -0.2) is 4.98 Å². The maximum absolute atomic E-state index is 5.91. The summed E-state index contributed by atoms with van der Waals surface area (Å²) in [6, 6.07) is 18.0. The van der Waals surface area contributed by atoms with Crippen molar-refractivity contribution in [2.45, 2.75) is 0 Å². The van der Waals surface area contributed by atoms with Gasteiger partial charge in [-0.2, -0.15) is 0 Å². The second kappa shape index (κ2) is 5.65. The molecule has 0 radical (unpaired) electrons. The molecule has 2 aromatic carbocycles. The highest BCUT2D eigenvalue weighted by molar-refractivity contribution is 7.13. The van der Waals surface area contributed by atoms with Crippen molar-refractivity contribution in [1.82, 2.24) is 4.98 Å². The average molecular weight is 301 g/mol. The fourth-order valence-electron chi connectivity index (χ4n) is 1.93. The van der Waals surface area contributed by atoms with E-state index in [0.717, 1.165) is 27.1 Å². The molecular formula is C16H13ClN2S. The van der Waals surface area contributed by atoms with Gasteiger partial charge in [0.15, 0.2) is 0 Å². The summed E-state index contributed by atoms with van der Waals surface area (Å²) in [5.41, 5.74) is 2.22. The first kappa shape index (κ1) is 13.2. The second-order valence-corrected chi connectivity index (χ2v) is 5.71. The number of benzene rings is 2. The van der Waals surface area contributed by atoms with Crippen molar-refractivity contribution in [3.63, 3.8) is 0 Å². The summed E-state index contributed by atoms with van der Waals surface area (Å²) >= 11 is 7.56. The Balaban J connectivity index is 1.88. The Morgan fingerprint density at radius 1 is 1.00 bits per heavy atom. The SMILES string of the molecule is CN(c1ccc(Cl)cc1)c1csc(-c2ccccc2)n1. The van der Waals surface area contributed by atoms with Crippen molar-refractivity contribution >= 4 is 34.4 Å². The average Bonchev–Trinajstić information content (AvgIpc) is 2.98. The molecule has 3 rings (SSSR count). The fourth-order valence-corrected chi connectivity index (χ4v) is 2.90. The predicted molar refractivity (Wildman–Crippen MR) is 87.1 cm³/mol. The van der Waals surface area contributed by atoms with Crippen LogP contribution in [0.1, 0.15) is 0 Å². The molecule has 0 amide bonds. The number of rotatable bonds is 3. The highest BCUT2D eigenvalue weighted by Crippen LogP contribution is 2.30. The van der Waals surface area contributed by atoms with Gasteiger partial charge >= 0.3 is 0 Å². The number of halogens is 1. The van der Waals surface area contributed by atoms with Crippen molar-refractivity contribution in [1.29, 1.82) is 0 Å². The summed E-state index contributed by atoms with van der Waals surface area (Å²) in [5.74, 6) is 0.941. The lowest BCUT2D eigenvalue weighted by molar-refractivity contribution is 1.15. The van der Waals surface area contributed by atoms with Gasteiger partial charge in [-0.1, -0.05) is 41.9 Å². The van der Waals surface area contributed by atoms with Gasteiger partial charge in [0.05, 0.1) is 0 Å². The first-order chi connectivity index (χ1) is 9.74. The van der Waals surface area contributed by atoms with Crippen molar-refractivity contribution in [3.8, 4) is 10.6 Å². The van der Waals surface area contributed by atoms with Crippen molar-refractivity contribution in [3.05, 3.63) is 65.0 Å². The van der Waals surface area contributed by atoms with Crippen LogP contribution in [0, 0.1) is 0 Å². The third-order valence-corrected chi connectivity index (χ3v) is 4.20. The van der Waals surface area contributed by atoms with E-state index in [1.54, 1.807) is 11.3 Å². The summed E-state index contributed by atoms with van der Waals surface area (Å²) in [6.07, 6.45) is 0. The standard InChI is InChI=1S/C16H13ClN2S/c1-19(14-9-7-13(17)8-10-14)15-11-20-16(18-15)12-5-3-2-4-6-12/h2-11H,1H3. The Kier molecular flexibility index (Phi) is 3.72. The van der Waals surface area contributed by atoms with Gasteiger partial charge in [-0.3, -0.25) is 0 Å². The largest absolute Gasteiger partial charge is 0.329 e. The Morgan fingerprint density at radius 2 is 1.70 bits per heavy atom. The van der Waals surface area contributed by atoms with Crippen LogP contribution in [0.15, 0.2) is 60.0 Å². The first-order valence-corrected chi connectivity index (χ1v) is 7.50. The molecule has 0 N–H and O–H groups in total. The van der Waals surface area contributed by atoms with Crippen LogP contribution in [0.5, 0.6) is 0 Å². The molecule has 2 nitrogen and oxygen atoms in total. The van der Waals surface area contributed by atoms with E-state index in [4.69, 9.17) is 16.6 Å². The van der Waals surface area contributed by atoms with E-state index in [-0.39, 0.29) is 0 Å². The Morgan fingerprint density at radius 3 is 2.40 bits per heavy atom. The highest BCUT2D eigenvalue weighted by atomic mass is 35.5. The molecule has 0 fully saturated rings. The van der Waals surface area contributed by atoms with E-state index in [2.05, 4.69) is 22.4 Å². The first-order valence-electron chi connectivity index (χ1n) is 6.24. The van der Waals surface area contributed by atoms with Gasteiger partial charge in [0.1, 0.15) is 10.8 Å². The minimum atomic E-state index is 0.741. The van der Waals surface area contributed by atoms with E-state index in [0.29, 0.717) is 0 Å². The van der Waals surface area contributed by atoms with E-state index in [9.17, 15) is 0 Å². The minimum absolute atomic E-state index is 0.741. The highest BCUT2D eigenvalue weighted by Gasteiger charge is 2.09. The molecule has 0 aliphatic carbocycles. The summed E-state index contributed by atoms with van der Waals surface area (Å²) in [6.45, 7) is 0. The second-order valence-electron chi connectivity index (χ2n) is 4.41. The van der Waals surface area contributed by atoms with Crippen LogP contribution in [0.4, 0.5) is 11.5 Å². The van der Waals surface area contributed by atoms with Crippen LogP contribution in [-0.2, 0) is 0 Å². The molecule has 0 saturated heterocycles. The molecule has 1 heterocycles. The topological polar surface area (TPSA) is 16.1 Å². The zero-order valence-electron chi connectivity index (χ0n) is 11.0. The van der Waals surface area contributed by atoms with Crippen LogP contribution in [0.25, 0.3) is 10.6 Å². The molecule has 0 aliphatic rings. The van der Waals surface area contributed by atoms with Gasteiger partial charge < -0.3 is 4.90 Å². The van der Waals surface area contributed by atoms with E-state index in [1.807, 2.05) is 49.5 Å².